The van der Waals surface area contributed by atoms with Crippen molar-refractivity contribution in [3.8, 4) is 0 Å². The van der Waals surface area contributed by atoms with Crippen LogP contribution >= 0.6 is 11.3 Å². The summed E-state index contributed by atoms with van der Waals surface area (Å²) in [6.45, 7) is 6.07. The summed E-state index contributed by atoms with van der Waals surface area (Å²) in [5.41, 5.74) is 2.90. The lowest BCUT2D eigenvalue weighted by Crippen LogP contribution is -2.43. The molecule has 3 aromatic rings. The van der Waals surface area contributed by atoms with Crippen molar-refractivity contribution in [2.24, 2.45) is 5.92 Å². The molecule has 1 aliphatic heterocycles. The predicted molar refractivity (Wildman–Crippen MR) is 105 cm³/mol. The quantitative estimate of drug-likeness (QED) is 0.727. The number of carbonyl (C=O) groups excluding carboxylic acids is 1. The molecule has 27 heavy (non-hydrogen) atoms. The van der Waals surface area contributed by atoms with Gasteiger partial charge < -0.3 is 14.7 Å². The molecular weight excluding hydrogens is 362 g/mol. The molecule has 1 amide bonds. The Labute approximate surface area is 161 Å². The van der Waals surface area contributed by atoms with Crippen molar-refractivity contribution in [2.45, 2.75) is 33.1 Å². The van der Waals surface area contributed by atoms with E-state index < -0.39 is 0 Å². The number of hydrogen-bond acceptors (Lipinski definition) is 7. The molecule has 1 saturated heterocycles. The number of rotatable bonds is 5. The Hall–Kier alpha value is -2.48. The van der Waals surface area contributed by atoms with Crippen molar-refractivity contribution < 1.29 is 9.32 Å². The molecular formula is C19H23N5O2S. The van der Waals surface area contributed by atoms with E-state index in [4.69, 9.17) is 4.52 Å². The molecule has 0 radical (unpaired) electrons. The summed E-state index contributed by atoms with van der Waals surface area (Å²) in [7, 11) is 0. The van der Waals surface area contributed by atoms with Gasteiger partial charge in [0.25, 0.3) is 0 Å². The van der Waals surface area contributed by atoms with Gasteiger partial charge in [0.1, 0.15) is 16.1 Å². The minimum absolute atomic E-state index is 0.0107. The Kier molecular flexibility index (Phi) is 5.07. The van der Waals surface area contributed by atoms with Gasteiger partial charge in [0.2, 0.25) is 5.91 Å². The highest BCUT2D eigenvalue weighted by Gasteiger charge is 2.27. The summed E-state index contributed by atoms with van der Waals surface area (Å²) in [6.07, 6.45) is 4.44. The van der Waals surface area contributed by atoms with Crippen LogP contribution in [0, 0.1) is 19.8 Å². The van der Waals surface area contributed by atoms with Crippen molar-refractivity contribution in [3.05, 3.63) is 35.3 Å². The third kappa shape index (κ3) is 3.80. The number of anilines is 1. The maximum absolute atomic E-state index is 12.6. The first-order valence-electron chi connectivity index (χ1n) is 9.28. The molecule has 0 bridgehead atoms. The largest absolute Gasteiger partial charge is 0.361 e. The number of nitrogens with zero attached hydrogens (tertiary/aromatic N) is 4. The van der Waals surface area contributed by atoms with Gasteiger partial charge in [0.05, 0.1) is 11.6 Å². The van der Waals surface area contributed by atoms with Crippen LogP contribution < -0.4 is 10.2 Å². The van der Waals surface area contributed by atoms with E-state index in [1.54, 1.807) is 17.5 Å². The lowest BCUT2D eigenvalue weighted by atomic mass is 9.97. The third-order valence-electron chi connectivity index (χ3n) is 5.07. The van der Waals surface area contributed by atoms with Crippen molar-refractivity contribution >= 4 is 32.7 Å². The number of fused-ring (bicyclic) bond motifs is 1. The molecule has 1 fully saturated rings. The van der Waals surface area contributed by atoms with E-state index in [9.17, 15) is 4.79 Å². The number of aromatic nitrogens is 3. The van der Waals surface area contributed by atoms with Gasteiger partial charge in [-0.1, -0.05) is 16.5 Å². The molecule has 0 unspecified atom stereocenters. The molecule has 1 aliphatic rings. The molecule has 3 aromatic heterocycles. The van der Waals surface area contributed by atoms with Gasteiger partial charge in [0.15, 0.2) is 5.13 Å². The van der Waals surface area contributed by atoms with E-state index in [1.807, 2.05) is 26.0 Å². The van der Waals surface area contributed by atoms with Crippen LogP contribution in [0.5, 0.6) is 0 Å². The second-order valence-corrected chi connectivity index (χ2v) is 7.91. The van der Waals surface area contributed by atoms with Gasteiger partial charge in [-0.25, -0.2) is 9.97 Å². The number of hydrogen-bond donors (Lipinski definition) is 1. The van der Waals surface area contributed by atoms with Gasteiger partial charge in [0, 0.05) is 31.4 Å². The van der Waals surface area contributed by atoms with Crippen LogP contribution in [-0.2, 0) is 11.2 Å². The molecule has 0 aromatic carbocycles. The van der Waals surface area contributed by atoms with Crippen LogP contribution in [-0.4, -0.2) is 40.7 Å². The Bertz CT molecular complexity index is 898. The number of carbonyl (C=O) groups is 1. The highest BCUT2D eigenvalue weighted by atomic mass is 32.1. The van der Waals surface area contributed by atoms with E-state index in [0.717, 1.165) is 58.3 Å². The number of pyridine rings is 1. The van der Waals surface area contributed by atoms with Gasteiger partial charge >= 0.3 is 0 Å². The average molecular weight is 385 g/mol. The highest BCUT2D eigenvalue weighted by Crippen LogP contribution is 2.30. The first kappa shape index (κ1) is 17.9. The molecule has 4 heterocycles. The first-order chi connectivity index (χ1) is 13.1. The zero-order chi connectivity index (χ0) is 18.8. The van der Waals surface area contributed by atoms with Crippen LogP contribution in [0.1, 0.15) is 29.9 Å². The minimum atomic E-state index is -0.0107. The summed E-state index contributed by atoms with van der Waals surface area (Å²) in [6, 6.07) is 3.88. The normalized spacial score (nSPS) is 17.4. The summed E-state index contributed by atoms with van der Waals surface area (Å²) >= 11 is 1.59. The third-order valence-corrected chi connectivity index (χ3v) is 6.11. The second kappa shape index (κ2) is 7.64. The lowest BCUT2D eigenvalue weighted by Gasteiger charge is -2.31. The van der Waals surface area contributed by atoms with E-state index in [0.29, 0.717) is 13.1 Å². The maximum Gasteiger partial charge on any atom is 0.224 e. The fourth-order valence-corrected chi connectivity index (χ4v) is 4.52. The molecule has 0 spiro atoms. The summed E-state index contributed by atoms with van der Waals surface area (Å²) in [5, 5.41) is 7.99. The molecule has 1 atom stereocenters. The van der Waals surface area contributed by atoms with E-state index >= 15 is 0 Å². The fourth-order valence-electron chi connectivity index (χ4n) is 3.57. The molecule has 1 N–H and O–H groups in total. The number of piperidine rings is 1. The van der Waals surface area contributed by atoms with Crippen LogP contribution in [0.3, 0.4) is 0 Å². The summed E-state index contributed by atoms with van der Waals surface area (Å²) < 4.78 is 5.18. The monoisotopic (exact) mass is 385 g/mol. The van der Waals surface area contributed by atoms with Gasteiger partial charge in [-0.2, -0.15) is 0 Å². The SMILES string of the molecule is Cc1noc(C)c1CCNC(=O)[C@@H]1CCCN(c2nc3cccnc3s2)C1. The van der Waals surface area contributed by atoms with Crippen LogP contribution in [0.4, 0.5) is 5.13 Å². The molecule has 142 valence electrons. The number of amides is 1. The van der Waals surface area contributed by atoms with Crippen LogP contribution in [0.2, 0.25) is 0 Å². The second-order valence-electron chi connectivity index (χ2n) is 6.95. The average Bonchev–Trinajstić information content (AvgIpc) is 3.26. The van der Waals surface area contributed by atoms with Crippen molar-refractivity contribution in [1.29, 1.82) is 0 Å². The fraction of sp³-hybridized carbons (Fsp3) is 0.474. The smallest absolute Gasteiger partial charge is 0.224 e. The Morgan fingerprint density at radius 2 is 2.33 bits per heavy atom. The number of thiazole rings is 1. The topological polar surface area (TPSA) is 84.2 Å². The predicted octanol–water partition coefficient (Wildman–Crippen LogP) is 2.87. The summed E-state index contributed by atoms with van der Waals surface area (Å²) in [4.78, 5) is 24.8. The maximum atomic E-state index is 12.6. The zero-order valence-corrected chi connectivity index (χ0v) is 16.4. The lowest BCUT2D eigenvalue weighted by molar-refractivity contribution is -0.125. The van der Waals surface area contributed by atoms with Crippen LogP contribution in [0.15, 0.2) is 22.9 Å². The number of aryl methyl sites for hydroxylation is 2. The zero-order valence-electron chi connectivity index (χ0n) is 15.6. The van der Waals surface area contributed by atoms with E-state index in [2.05, 4.69) is 25.3 Å². The molecule has 0 saturated carbocycles. The van der Waals surface area contributed by atoms with Gasteiger partial charge in [-0.3, -0.25) is 4.79 Å². The standard InChI is InChI=1S/C19H23N5O2S/c1-12-15(13(2)26-23-12)7-9-20-17(25)14-5-4-10-24(11-14)19-22-16-6-3-8-21-18(16)27-19/h3,6,8,14H,4-5,7,9-11H2,1-2H3,(H,20,25)/t14-/m1/s1. The Balaban J connectivity index is 1.35. The van der Waals surface area contributed by atoms with Crippen molar-refractivity contribution in [2.75, 3.05) is 24.5 Å². The Morgan fingerprint density at radius 3 is 3.11 bits per heavy atom. The van der Waals surface area contributed by atoms with E-state index in [-0.39, 0.29) is 11.8 Å². The first-order valence-corrected chi connectivity index (χ1v) is 10.1. The highest BCUT2D eigenvalue weighted by molar-refractivity contribution is 7.21. The molecule has 4 rings (SSSR count). The molecule has 0 aliphatic carbocycles. The minimum Gasteiger partial charge on any atom is -0.361 e. The van der Waals surface area contributed by atoms with Crippen molar-refractivity contribution in [3.63, 3.8) is 0 Å². The molecule has 8 heteroatoms. The van der Waals surface area contributed by atoms with Crippen LogP contribution in [0.25, 0.3) is 10.3 Å². The number of nitrogens with one attached hydrogen (secondary N) is 1. The van der Waals surface area contributed by atoms with E-state index in [1.165, 1.54) is 0 Å². The summed E-state index contributed by atoms with van der Waals surface area (Å²) in [5.74, 6) is 0.934. The molecule has 7 nitrogen and oxygen atoms in total. The van der Waals surface area contributed by atoms with Gasteiger partial charge in [-0.15, -0.1) is 0 Å². The van der Waals surface area contributed by atoms with Crippen molar-refractivity contribution in [1.82, 2.24) is 20.4 Å². The van der Waals surface area contributed by atoms with Gasteiger partial charge in [-0.05, 0) is 45.2 Å². The Morgan fingerprint density at radius 1 is 1.44 bits per heavy atom.